The zero-order chi connectivity index (χ0) is 16.8. The first-order valence-electron chi connectivity index (χ1n) is 7.78. The van der Waals surface area contributed by atoms with Crippen molar-refractivity contribution in [3.63, 3.8) is 0 Å². The van der Waals surface area contributed by atoms with Gasteiger partial charge in [0.1, 0.15) is 0 Å². The van der Waals surface area contributed by atoms with Gasteiger partial charge in [-0.25, -0.2) is 9.78 Å². The highest BCUT2D eigenvalue weighted by Gasteiger charge is 2.19. The Morgan fingerprint density at radius 3 is 2.64 bits per heavy atom. The van der Waals surface area contributed by atoms with Crippen LogP contribution in [0.25, 0.3) is 0 Å². The number of carbonyl (C=O) groups is 1. The first-order valence-corrected chi connectivity index (χ1v) is 8.60. The van der Waals surface area contributed by atoms with Crippen LogP contribution in [-0.4, -0.2) is 28.8 Å². The summed E-state index contributed by atoms with van der Waals surface area (Å²) in [6.07, 6.45) is 3.52. The number of hydrogen-bond donors (Lipinski definition) is 3. The monoisotopic (exact) mass is 327 g/mol. The second-order valence-electron chi connectivity index (χ2n) is 7.29. The lowest BCUT2D eigenvalue weighted by molar-refractivity contribution is 0.191. The lowest BCUT2D eigenvalue weighted by Gasteiger charge is -2.25. The average molecular weight is 327 g/mol. The minimum atomic E-state index is -0.248. The Morgan fingerprint density at radius 1 is 1.41 bits per heavy atom. The van der Waals surface area contributed by atoms with Gasteiger partial charge in [0.05, 0.1) is 24.2 Å². The van der Waals surface area contributed by atoms with Crippen molar-refractivity contribution in [3.05, 3.63) is 16.1 Å². The molecule has 1 atom stereocenters. The van der Waals surface area contributed by atoms with Gasteiger partial charge in [0, 0.05) is 17.5 Å². The minimum absolute atomic E-state index is 0.0518. The summed E-state index contributed by atoms with van der Waals surface area (Å²) in [5, 5.41) is 16.1. The van der Waals surface area contributed by atoms with E-state index in [1.807, 2.05) is 6.20 Å². The number of thiazole rings is 1. The predicted molar refractivity (Wildman–Crippen MR) is 91.0 cm³/mol. The Hall–Kier alpha value is -1.14. The molecule has 0 radical (unpaired) electrons. The molecule has 1 aromatic heterocycles. The third-order valence-corrected chi connectivity index (χ3v) is 4.04. The van der Waals surface area contributed by atoms with E-state index in [4.69, 9.17) is 0 Å². The number of rotatable bonds is 7. The van der Waals surface area contributed by atoms with Gasteiger partial charge in [-0.1, -0.05) is 34.6 Å². The van der Waals surface area contributed by atoms with Gasteiger partial charge < -0.3 is 15.7 Å². The molecule has 6 heteroatoms. The molecule has 0 aliphatic rings. The van der Waals surface area contributed by atoms with E-state index in [9.17, 15) is 9.90 Å². The smallest absolute Gasteiger partial charge is 0.315 e. The van der Waals surface area contributed by atoms with E-state index in [0.717, 1.165) is 22.7 Å². The molecule has 1 rings (SSSR count). The van der Waals surface area contributed by atoms with Crippen molar-refractivity contribution >= 4 is 17.4 Å². The maximum absolute atomic E-state index is 11.9. The summed E-state index contributed by atoms with van der Waals surface area (Å²) >= 11 is 1.63. The Labute approximate surface area is 137 Å². The van der Waals surface area contributed by atoms with Crippen LogP contribution in [0.5, 0.6) is 0 Å². The highest BCUT2D eigenvalue weighted by molar-refractivity contribution is 7.11. The maximum atomic E-state index is 11.9. The molecule has 3 N–H and O–H groups in total. The van der Waals surface area contributed by atoms with Crippen LogP contribution >= 0.6 is 11.3 Å². The minimum Gasteiger partial charge on any atom is -0.394 e. The van der Waals surface area contributed by atoms with Gasteiger partial charge >= 0.3 is 6.03 Å². The van der Waals surface area contributed by atoms with Gasteiger partial charge in [-0.2, -0.15) is 0 Å². The van der Waals surface area contributed by atoms with Crippen LogP contribution in [0.2, 0.25) is 0 Å². The standard InChI is InChI=1S/C16H29N3O2S/c1-11(2)6-14-17-8-13(22-14)9-18-15(21)19-12(10-20)7-16(3,4)5/h8,11-12,20H,6-7,9-10H2,1-5H3,(H2,18,19,21). The van der Waals surface area contributed by atoms with Crippen molar-refractivity contribution in [1.82, 2.24) is 15.6 Å². The highest BCUT2D eigenvalue weighted by Crippen LogP contribution is 2.20. The lowest BCUT2D eigenvalue weighted by Crippen LogP contribution is -2.45. The molecular formula is C16H29N3O2S. The van der Waals surface area contributed by atoms with E-state index >= 15 is 0 Å². The molecule has 0 aliphatic carbocycles. The van der Waals surface area contributed by atoms with Crippen molar-refractivity contribution < 1.29 is 9.90 Å². The zero-order valence-corrected chi connectivity index (χ0v) is 15.1. The molecular weight excluding hydrogens is 298 g/mol. The average Bonchev–Trinajstić information content (AvgIpc) is 2.80. The number of hydrogen-bond acceptors (Lipinski definition) is 4. The molecule has 0 saturated carbocycles. The van der Waals surface area contributed by atoms with Crippen LogP contribution in [0.1, 0.15) is 50.9 Å². The zero-order valence-electron chi connectivity index (χ0n) is 14.3. The number of nitrogens with one attached hydrogen (secondary N) is 2. The van der Waals surface area contributed by atoms with E-state index in [1.54, 1.807) is 11.3 Å². The summed E-state index contributed by atoms with van der Waals surface area (Å²) in [7, 11) is 0. The Bertz CT molecular complexity index is 466. The second-order valence-corrected chi connectivity index (χ2v) is 8.49. The van der Waals surface area contributed by atoms with Crippen LogP contribution in [0.4, 0.5) is 4.79 Å². The Morgan fingerprint density at radius 2 is 2.09 bits per heavy atom. The Balaban J connectivity index is 2.40. The number of aliphatic hydroxyl groups excluding tert-OH is 1. The molecule has 1 unspecified atom stereocenters. The topological polar surface area (TPSA) is 74.2 Å². The largest absolute Gasteiger partial charge is 0.394 e. The van der Waals surface area contributed by atoms with Crippen LogP contribution < -0.4 is 10.6 Å². The molecule has 1 heterocycles. The maximum Gasteiger partial charge on any atom is 0.315 e. The van der Waals surface area contributed by atoms with E-state index in [2.05, 4.69) is 50.2 Å². The second kappa shape index (κ2) is 8.48. The fraction of sp³-hybridized carbons (Fsp3) is 0.750. The van der Waals surface area contributed by atoms with Crippen molar-refractivity contribution in [1.29, 1.82) is 0 Å². The van der Waals surface area contributed by atoms with Crippen molar-refractivity contribution in [2.75, 3.05) is 6.61 Å². The summed E-state index contributed by atoms with van der Waals surface area (Å²) in [5.41, 5.74) is 0.0596. The molecule has 0 aliphatic heterocycles. The van der Waals surface area contributed by atoms with Crippen LogP contribution in [0.3, 0.4) is 0 Å². The first-order chi connectivity index (χ1) is 10.2. The molecule has 22 heavy (non-hydrogen) atoms. The number of amides is 2. The third kappa shape index (κ3) is 7.75. The van der Waals surface area contributed by atoms with Gasteiger partial charge in [0.25, 0.3) is 0 Å². The van der Waals surface area contributed by atoms with Crippen LogP contribution in [0, 0.1) is 11.3 Å². The number of urea groups is 1. The highest BCUT2D eigenvalue weighted by atomic mass is 32.1. The lowest BCUT2D eigenvalue weighted by atomic mass is 9.88. The molecule has 0 spiro atoms. The van der Waals surface area contributed by atoms with E-state index in [-0.39, 0.29) is 24.1 Å². The van der Waals surface area contributed by atoms with Gasteiger partial charge in [-0.15, -0.1) is 11.3 Å². The van der Waals surface area contributed by atoms with E-state index in [0.29, 0.717) is 12.5 Å². The number of nitrogens with zero attached hydrogens (tertiary/aromatic N) is 1. The summed E-state index contributed by atoms with van der Waals surface area (Å²) in [6, 6.07) is -0.472. The molecule has 0 bridgehead atoms. The van der Waals surface area contributed by atoms with Gasteiger partial charge in [-0.05, 0) is 17.8 Å². The van der Waals surface area contributed by atoms with Crippen molar-refractivity contribution in [3.8, 4) is 0 Å². The molecule has 0 fully saturated rings. The number of aromatic nitrogens is 1. The molecule has 2 amide bonds. The molecule has 0 aromatic carbocycles. The van der Waals surface area contributed by atoms with Crippen molar-refractivity contribution in [2.24, 2.45) is 11.3 Å². The predicted octanol–water partition coefficient (Wildman–Crippen LogP) is 2.94. The third-order valence-electron chi connectivity index (χ3n) is 3.02. The van der Waals surface area contributed by atoms with Crippen LogP contribution in [0.15, 0.2) is 6.20 Å². The first kappa shape index (κ1) is 18.9. The van der Waals surface area contributed by atoms with E-state index in [1.165, 1.54) is 0 Å². The SMILES string of the molecule is CC(C)Cc1ncc(CNC(=O)NC(CO)CC(C)(C)C)s1. The summed E-state index contributed by atoms with van der Waals surface area (Å²) in [4.78, 5) is 17.3. The fourth-order valence-electron chi connectivity index (χ4n) is 2.18. The quantitative estimate of drug-likeness (QED) is 0.721. The molecule has 5 nitrogen and oxygen atoms in total. The summed E-state index contributed by atoms with van der Waals surface area (Å²) in [5.74, 6) is 0.581. The summed E-state index contributed by atoms with van der Waals surface area (Å²) < 4.78 is 0. The number of carbonyl (C=O) groups excluding carboxylic acids is 1. The van der Waals surface area contributed by atoms with Crippen molar-refractivity contribution in [2.45, 2.75) is 60.0 Å². The van der Waals surface area contributed by atoms with Crippen LogP contribution in [-0.2, 0) is 13.0 Å². The van der Waals surface area contributed by atoms with Gasteiger partial charge in [-0.3, -0.25) is 0 Å². The summed E-state index contributed by atoms with van der Waals surface area (Å²) in [6.45, 7) is 11.0. The van der Waals surface area contributed by atoms with Gasteiger partial charge in [0.15, 0.2) is 0 Å². The normalized spacial score (nSPS) is 13.2. The number of aliphatic hydroxyl groups is 1. The fourth-order valence-corrected chi connectivity index (χ4v) is 3.25. The molecule has 1 aromatic rings. The van der Waals surface area contributed by atoms with Gasteiger partial charge in [0.2, 0.25) is 0 Å². The van der Waals surface area contributed by atoms with E-state index < -0.39 is 0 Å². The molecule has 0 saturated heterocycles. The Kier molecular flexibility index (Phi) is 7.29. The molecule has 126 valence electrons.